The zero-order valence-corrected chi connectivity index (χ0v) is 10.2. The van der Waals surface area contributed by atoms with Crippen molar-refractivity contribution in [2.24, 2.45) is 17.8 Å². The maximum Gasteiger partial charge on any atom is 0.232 e. The van der Waals surface area contributed by atoms with Gasteiger partial charge in [0.15, 0.2) is 0 Å². The van der Waals surface area contributed by atoms with Gasteiger partial charge in [0.25, 0.3) is 0 Å². The average Bonchev–Trinajstić information content (AvgIpc) is 2.68. The van der Waals surface area contributed by atoms with Crippen molar-refractivity contribution in [2.45, 2.75) is 32.0 Å². The topological polar surface area (TPSA) is 64.1 Å². The number of nitrogens with zero attached hydrogens (tertiary/aromatic N) is 2. The molecule has 5 nitrogen and oxygen atoms in total. The van der Waals surface area contributed by atoms with Crippen molar-refractivity contribution >= 4 is 22.6 Å². The normalized spacial score (nSPS) is 41.4. The van der Waals surface area contributed by atoms with Crippen LogP contribution in [0.15, 0.2) is 0 Å². The van der Waals surface area contributed by atoms with Crippen LogP contribution in [-0.2, 0) is 9.53 Å². The van der Waals surface area contributed by atoms with Gasteiger partial charge in [-0.3, -0.25) is 4.79 Å². The first-order valence-electron chi connectivity index (χ1n) is 5.99. The summed E-state index contributed by atoms with van der Waals surface area (Å²) in [5.74, 6) is 2.19. The highest BCUT2D eigenvalue weighted by atomic mass is 32.1. The van der Waals surface area contributed by atoms with E-state index in [9.17, 15) is 4.79 Å². The molecular weight excluding hydrogens is 238 g/mol. The van der Waals surface area contributed by atoms with E-state index in [1.165, 1.54) is 18.0 Å². The lowest BCUT2D eigenvalue weighted by Gasteiger charge is -2.16. The molecule has 1 aromatic heterocycles. The molecule has 0 spiro atoms. The highest BCUT2D eigenvalue weighted by molar-refractivity contribution is 7.09. The fraction of sp³-hybridized carbons (Fsp3) is 0.727. The van der Waals surface area contributed by atoms with Gasteiger partial charge in [-0.1, -0.05) is 0 Å². The van der Waals surface area contributed by atoms with E-state index < -0.39 is 0 Å². The number of ether oxygens (including phenoxy) is 1. The van der Waals surface area contributed by atoms with Crippen molar-refractivity contribution in [3.05, 3.63) is 5.82 Å². The smallest absolute Gasteiger partial charge is 0.232 e. The van der Waals surface area contributed by atoms with Crippen molar-refractivity contribution in [2.75, 3.05) is 5.32 Å². The minimum Gasteiger partial charge on any atom is -0.374 e. The van der Waals surface area contributed by atoms with Crippen LogP contribution in [-0.4, -0.2) is 27.5 Å². The minimum atomic E-state index is 0.0213. The molecule has 2 bridgehead atoms. The van der Waals surface area contributed by atoms with Crippen LogP contribution in [0.2, 0.25) is 0 Å². The second-order valence-corrected chi connectivity index (χ2v) is 5.93. The Morgan fingerprint density at radius 2 is 2.35 bits per heavy atom. The summed E-state index contributed by atoms with van der Waals surface area (Å²) in [6, 6.07) is 0. The number of anilines is 1. The molecule has 2 aliphatic heterocycles. The summed E-state index contributed by atoms with van der Waals surface area (Å²) in [7, 11) is 0. The third kappa shape index (κ3) is 1.43. The number of fused-ring (bicyclic) bond motifs is 5. The van der Waals surface area contributed by atoms with Crippen molar-refractivity contribution in [3.8, 4) is 0 Å². The molecule has 3 heterocycles. The molecule has 0 unspecified atom stereocenters. The summed E-state index contributed by atoms with van der Waals surface area (Å²) >= 11 is 1.23. The highest BCUT2D eigenvalue weighted by Crippen LogP contribution is 2.60. The van der Waals surface area contributed by atoms with Crippen LogP contribution in [0.1, 0.15) is 18.7 Å². The van der Waals surface area contributed by atoms with E-state index in [2.05, 4.69) is 14.7 Å². The minimum absolute atomic E-state index is 0.0213. The van der Waals surface area contributed by atoms with Crippen LogP contribution < -0.4 is 5.32 Å². The van der Waals surface area contributed by atoms with Gasteiger partial charge in [0.05, 0.1) is 18.1 Å². The zero-order valence-electron chi connectivity index (χ0n) is 9.42. The molecule has 4 rings (SSSR count). The molecule has 0 aromatic carbocycles. The van der Waals surface area contributed by atoms with Crippen molar-refractivity contribution < 1.29 is 9.53 Å². The zero-order chi connectivity index (χ0) is 11.6. The first-order chi connectivity index (χ1) is 8.22. The Kier molecular flexibility index (Phi) is 1.91. The second-order valence-electron chi connectivity index (χ2n) is 5.18. The number of aromatic nitrogens is 2. The predicted molar refractivity (Wildman–Crippen MR) is 61.6 cm³/mol. The number of carbonyl (C=O) groups is 1. The third-order valence-corrected chi connectivity index (χ3v) is 4.82. The molecule has 6 heteroatoms. The molecule has 1 amide bonds. The summed E-state index contributed by atoms with van der Waals surface area (Å²) < 4.78 is 9.87. The molecule has 2 saturated heterocycles. The molecular formula is C11H13N3O2S. The summed E-state index contributed by atoms with van der Waals surface area (Å²) in [6.07, 6.45) is 2.66. The summed E-state index contributed by atoms with van der Waals surface area (Å²) in [4.78, 5) is 16.3. The van der Waals surface area contributed by atoms with Crippen LogP contribution >= 0.6 is 11.5 Å². The van der Waals surface area contributed by atoms with Gasteiger partial charge in [-0.05, 0) is 31.6 Å². The van der Waals surface area contributed by atoms with Gasteiger partial charge in [0.2, 0.25) is 11.0 Å². The Morgan fingerprint density at radius 1 is 1.47 bits per heavy atom. The molecule has 1 saturated carbocycles. The average molecular weight is 251 g/mol. The molecule has 3 fully saturated rings. The number of carbonyl (C=O) groups excluding carboxylic acids is 1. The Bertz CT molecular complexity index is 489. The molecule has 3 aliphatic rings. The maximum atomic E-state index is 12.1. The van der Waals surface area contributed by atoms with Gasteiger partial charge in [0.1, 0.15) is 5.82 Å². The summed E-state index contributed by atoms with van der Waals surface area (Å²) in [6.45, 7) is 1.82. The quantitative estimate of drug-likeness (QED) is 0.858. The maximum absolute atomic E-state index is 12.1. The van der Waals surface area contributed by atoms with E-state index in [1.54, 1.807) is 0 Å². The van der Waals surface area contributed by atoms with Crippen LogP contribution in [0.5, 0.6) is 0 Å². The number of hydrogen-bond donors (Lipinski definition) is 1. The van der Waals surface area contributed by atoms with Crippen molar-refractivity contribution in [1.82, 2.24) is 9.36 Å². The van der Waals surface area contributed by atoms with Gasteiger partial charge >= 0.3 is 0 Å². The third-order valence-electron chi connectivity index (χ3n) is 4.10. The Morgan fingerprint density at radius 3 is 3.00 bits per heavy atom. The summed E-state index contributed by atoms with van der Waals surface area (Å²) in [5.41, 5.74) is 0. The number of amides is 1. The van der Waals surface area contributed by atoms with Gasteiger partial charge < -0.3 is 10.1 Å². The number of rotatable bonds is 2. The Labute approximate surface area is 103 Å². The predicted octanol–water partition coefficient (Wildman–Crippen LogP) is 1.21. The second kappa shape index (κ2) is 3.26. The van der Waals surface area contributed by atoms with E-state index in [0.29, 0.717) is 23.0 Å². The SMILES string of the molecule is Cc1nsc(NC(=O)[C@@H]2C[C@@H]3O[C@H]2[C@H]2C[C@H]23)n1. The number of nitrogens with one attached hydrogen (secondary N) is 1. The van der Waals surface area contributed by atoms with Crippen LogP contribution in [0, 0.1) is 24.7 Å². The first-order valence-corrected chi connectivity index (χ1v) is 6.76. The fourth-order valence-corrected chi connectivity index (χ4v) is 3.83. The van der Waals surface area contributed by atoms with E-state index in [0.717, 1.165) is 12.3 Å². The summed E-state index contributed by atoms with van der Waals surface area (Å²) in [5, 5.41) is 3.45. The molecule has 90 valence electrons. The lowest BCUT2D eigenvalue weighted by atomic mass is 9.88. The molecule has 17 heavy (non-hydrogen) atoms. The molecule has 1 aliphatic carbocycles. The first kappa shape index (κ1) is 9.96. The van der Waals surface area contributed by atoms with E-state index in [-0.39, 0.29) is 17.9 Å². The fourth-order valence-electron chi connectivity index (χ4n) is 3.25. The molecule has 1 aromatic rings. The standard InChI is InChI=1S/C11H13N3O2S/c1-4-12-11(17-14-4)13-10(15)7-3-8-5-2-6(5)9(7)16-8/h5-9H,2-3H2,1H3,(H,12,13,14,15)/t5-,6+,7-,8+,9+/m1/s1. The number of aryl methyl sites for hydroxylation is 1. The van der Waals surface area contributed by atoms with Crippen LogP contribution in [0.4, 0.5) is 5.13 Å². The van der Waals surface area contributed by atoms with Crippen molar-refractivity contribution in [3.63, 3.8) is 0 Å². The lowest BCUT2D eigenvalue weighted by Crippen LogP contribution is -2.32. The Balaban J connectivity index is 1.47. The number of hydrogen-bond acceptors (Lipinski definition) is 5. The van der Waals surface area contributed by atoms with E-state index >= 15 is 0 Å². The molecule has 5 atom stereocenters. The van der Waals surface area contributed by atoms with Gasteiger partial charge in [-0.15, -0.1) is 0 Å². The van der Waals surface area contributed by atoms with Gasteiger partial charge in [0, 0.05) is 11.5 Å². The molecule has 0 radical (unpaired) electrons. The van der Waals surface area contributed by atoms with Crippen molar-refractivity contribution in [1.29, 1.82) is 0 Å². The lowest BCUT2D eigenvalue weighted by molar-refractivity contribution is -0.121. The largest absolute Gasteiger partial charge is 0.374 e. The van der Waals surface area contributed by atoms with Crippen LogP contribution in [0.3, 0.4) is 0 Å². The van der Waals surface area contributed by atoms with Gasteiger partial charge in [-0.2, -0.15) is 4.37 Å². The van der Waals surface area contributed by atoms with E-state index in [1.807, 2.05) is 6.92 Å². The Hall–Kier alpha value is -1.01. The highest BCUT2D eigenvalue weighted by Gasteiger charge is 2.64. The monoisotopic (exact) mass is 251 g/mol. The van der Waals surface area contributed by atoms with Gasteiger partial charge in [-0.25, -0.2) is 4.98 Å². The molecule has 1 N–H and O–H groups in total. The van der Waals surface area contributed by atoms with Crippen LogP contribution in [0.25, 0.3) is 0 Å². The van der Waals surface area contributed by atoms with E-state index in [4.69, 9.17) is 4.74 Å².